The highest BCUT2D eigenvalue weighted by molar-refractivity contribution is 5.92. The summed E-state index contributed by atoms with van der Waals surface area (Å²) in [6.45, 7) is 2.27. The van der Waals surface area contributed by atoms with Gasteiger partial charge < -0.3 is 28.4 Å². The highest BCUT2D eigenvalue weighted by atomic mass is 16.6. The quantitative estimate of drug-likeness (QED) is 0.129. The Morgan fingerprint density at radius 1 is 0.123 bits per heavy atom. The summed E-state index contributed by atoms with van der Waals surface area (Å²) in [5.41, 5.74) is 0. The summed E-state index contributed by atoms with van der Waals surface area (Å²) in [6.07, 6.45) is 64.0. The van der Waals surface area contributed by atoms with E-state index in [-0.39, 0.29) is 19.3 Å². The molecule has 1 rings (SSSR count). The molecule has 1 aliphatic heterocycles. The van der Waals surface area contributed by atoms with Gasteiger partial charge in [0, 0.05) is 0 Å². The predicted octanol–water partition coefficient (Wildman–Crippen LogP) is 19.5. The molecule has 0 unspecified atom stereocenters. The van der Waals surface area contributed by atoms with Crippen LogP contribution in [0.2, 0.25) is 0 Å². The van der Waals surface area contributed by atoms with Gasteiger partial charge in [-0.1, -0.05) is 308 Å². The van der Waals surface area contributed by atoms with E-state index in [1.165, 1.54) is 231 Å². The smallest absolute Gasteiger partial charge is 0.317 e. The second kappa shape index (κ2) is 62.9. The molecule has 12 nitrogen and oxygen atoms in total. The van der Waals surface area contributed by atoms with E-state index in [9.17, 15) is 28.8 Å². The molecular formula is C69H126O12. The summed E-state index contributed by atoms with van der Waals surface area (Å²) >= 11 is 0. The van der Waals surface area contributed by atoms with Crippen LogP contribution in [0.1, 0.15) is 366 Å². The lowest BCUT2D eigenvalue weighted by atomic mass is 10.0. The Hall–Kier alpha value is -3.18. The van der Waals surface area contributed by atoms with Gasteiger partial charge in [-0.25, -0.2) is 0 Å². The van der Waals surface area contributed by atoms with Crippen LogP contribution in [0.25, 0.3) is 0 Å². The molecule has 1 saturated heterocycles. The number of carbonyl (C=O) groups excluding carboxylic acids is 6. The second-order valence-corrected chi connectivity index (χ2v) is 23.9. The van der Waals surface area contributed by atoms with Crippen molar-refractivity contribution < 1.29 is 57.2 Å². The molecular weight excluding hydrogens is 1020 g/mol. The third-order valence-electron chi connectivity index (χ3n) is 16.1. The van der Waals surface area contributed by atoms with Crippen molar-refractivity contribution in [3.63, 3.8) is 0 Å². The minimum atomic E-state index is -0.480. The molecule has 0 N–H and O–H groups in total. The Kier molecular flexibility index (Phi) is 58.8. The Bertz CT molecular complexity index is 1170. The molecule has 1 fully saturated rings. The first-order valence-corrected chi connectivity index (χ1v) is 34.8. The van der Waals surface area contributed by atoms with Gasteiger partial charge in [-0.2, -0.15) is 0 Å². The number of hydrogen-bond acceptors (Lipinski definition) is 12. The lowest BCUT2D eigenvalue weighted by molar-refractivity contribution is -0.156. The second-order valence-electron chi connectivity index (χ2n) is 23.9. The molecule has 0 bridgehead atoms. The van der Waals surface area contributed by atoms with Crippen LogP contribution in [-0.2, 0) is 57.2 Å². The van der Waals surface area contributed by atoms with Crippen molar-refractivity contribution in [1.29, 1.82) is 0 Å². The maximum atomic E-state index is 12.1. The van der Waals surface area contributed by atoms with Gasteiger partial charge in [0.1, 0.15) is 19.3 Å². The molecule has 81 heavy (non-hydrogen) atoms. The van der Waals surface area contributed by atoms with Crippen LogP contribution < -0.4 is 0 Å². The molecule has 0 aromatic carbocycles. The van der Waals surface area contributed by atoms with E-state index in [1.54, 1.807) is 0 Å². The zero-order valence-corrected chi connectivity index (χ0v) is 52.4. The molecule has 0 atom stereocenters. The van der Waals surface area contributed by atoms with Gasteiger partial charge in [-0.05, 0) is 38.5 Å². The summed E-state index contributed by atoms with van der Waals surface area (Å²) in [4.78, 5) is 72.4. The number of hydrogen-bond donors (Lipinski definition) is 0. The van der Waals surface area contributed by atoms with Crippen molar-refractivity contribution in [2.45, 2.75) is 366 Å². The molecule has 474 valence electrons. The molecule has 1 aliphatic rings. The van der Waals surface area contributed by atoms with Crippen LogP contribution >= 0.6 is 0 Å². The number of ether oxygens (including phenoxy) is 6. The van der Waals surface area contributed by atoms with Gasteiger partial charge >= 0.3 is 35.8 Å². The fourth-order valence-corrected chi connectivity index (χ4v) is 10.9. The van der Waals surface area contributed by atoms with Crippen LogP contribution in [0.4, 0.5) is 0 Å². The topological polar surface area (TPSA) is 158 Å². The molecule has 0 radical (unpaired) electrons. The number of rotatable bonds is 0. The number of carbonyl (C=O) groups is 6. The molecule has 12 heteroatoms. The van der Waals surface area contributed by atoms with Crippen LogP contribution in [0.3, 0.4) is 0 Å². The zero-order valence-electron chi connectivity index (χ0n) is 52.4. The van der Waals surface area contributed by atoms with Crippen molar-refractivity contribution in [3.05, 3.63) is 0 Å². The monoisotopic (exact) mass is 1150 g/mol. The maximum absolute atomic E-state index is 12.1. The van der Waals surface area contributed by atoms with E-state index in [0.29, 0.717) is 39.6 Å². The average Bonchev–Trinajstić information content (AvgIpc) is 3.44. The molecule has 0 aromatic heterocycles. The highest BCUT2D eigenvalue weighted by Gasteiger charge is 2.14. The van der Waals surface area contributed by atoms with Crippen LogP contribution in [0, 0.1) is 0 Å². The van der Waals surface area contributed by atoms with Crippen molar-refractivity contribution in [2.75, 3.05) is 39.6 Å². The van der Waals surface area contributed by atoms with Crippen molar-refractivity contribution in [1.82, 2.24) is 0 Å². The molecule has 0 spiro atoms. The molecule has 0 saturated carbocycles. The first-order chi connectivity index (χ1) is 39.9. The van der Waals surface area contributed by atoms with Crippen LogP contribution in [0.15, 0.2) is 0 Å². The fourth-order valence-electron chi connectivity index (χ4n) is 10.9. The Balaban J connectivity index is 2.16. The van der Waals surface area contributed by atoms with Crippen LogP contribution in [-0.4, -0.2) is 75.5 Å². The summed E-state index contributed by atoms with van der Waals surface area (Å²) in [5.74, 6) is -2.88. The Morgan fingerprint density at radius 3 is 0.284 bits per heavy atom. The lowest BCUT2D eigenvalue weighted by Gasteiger charge is -2.07. The average molecular weight is 1150 g/mol. The van der Waals surface area contributed by atoms with E-state index in [1.807, 2.05) is 0 Å². The van der Waals surface area contributed by atoms with E-state index >= 15 is 0 Å². The first kappa shape index (κ1) is 75.8. The summed E-state index contributed by atoms with van der Waals surface area (Å²) in [5, 5.41) is 0. The minimum Gasteiger partial charge on any atom is -0.465 e. The summed E-state index contributed by atoms with van der Waals surface area (Å²) in [6, 6.07) is 0. The zero-order chi connectivity index (χ0) is 58.3. The van der Waals surface area contributed by atoms with E-state index in [2.05, 4.69) is 0 Å². The van der Waals surface area contributed by atoms with Crippen molar-refractivity contribution in [2.24, 2.45) is 0 Å². The molecule has 0 aromatic rings. The van der Waals surface area contributed by atoms with Crippen molar-refractivity contribution >= 4 is 35.8 Å². The largest absolute Gasteiger partial charge is 0.465 e. The Morgan fingerprint density at radius 2 is 0.198 bits per heavy atom. The van der Waals surface area contributed by atoms with E-state index in [4.69, 9.17) is 28.4 Å². The van der Waals surface area contributed by atoms with Gasteiger partial charge in [0.05, 0.1) is 39.6 Å². The minimum absolute atomic E-state index is 0.293. The van der Waals surface area contributed by atoms with Gasteiger partial charge in [0.15, 0.2) is 0 Å². The predicted molar refractivity (Wildman–Crippen MR) is 329 cm³/mol. The highest BCUT2D eigenvalue weighted by Crippen LogP contribution is 2.19. The van der Waals surface area contributed by atoms with Gasteiger partial charge in [-0.3, -0.25) is 28.8 Å². The van der Waals surface area contributed by atoms with E-state index < -0.39 is 35.8 Å². The third kappa shape index (κ3) is 61.2. The maximum Gasteiger partial charge on any atom is 0.317 e. The number of cyclic esters (lactones) is 6. The first-order valence-electron chi connectivity index (χ1n) is 34.8. The molecule has 1 heterocycles. The normalized spacial score (nSPS) is 22.7. The fraction of sp³-hybridized carbons (Fsp3) is 0.913. The lowest BCUT2D eigenvalue weighted by Crippen LogP contribution is -2.15. The van der Waals surface area contributed by atoms with Gasteiger partial charge in [0.25, 0.3) is 0 Å². The third-order valence-corrected chi connectivity index (χ3v) is 16.1. The Labute approximate surface area is 496 Å². The number of esters is 6. The molecule has 0 aliphatic carbocycles. The van der Waals surface area contributed by atoms with Gasteiger partial charge in [0.2, 0.25) is 0 Å². The summed E-state index contributed by atoms with van der Waals surface area (Å²) in [7, 11) is 0. The molecule has 0 amide bonds. The van der Waals surface area contributed by atoms with Crippen molar-refractivity contribution in [3.8, 4) is 0 Å². The van der Waals surface area contributed by atoms with Crippen LogP contribution in [0.5, 0.6) is 0 Å². The summed E-state index contributed by atoms with van der Waals surface area (Å²) < 4.78 is 31.7. The SMILES string of the molecule is O=C1CC(=O)OCCCCCCCCCCCCCCCCCCCCOC(=O)CC(=O)OCCCCCCCCCCCCCCCCCCCCOC(=O)CC(=O)OCCCCCCCCCCCCCCCCCCCCO1. The standard InChI is InChI=1S/C69H126O12/c70-64-61-66(72)78-57-51-45-39-33-27-21-15-9-3-4-11-17-23-29-35-41-47-53-59-80-68(74)63-69(75)81-60-54-48-42-36-30-24-18-12-6-5-10-16-22-28-34-40-46-52-58-79-67(73)62-65(71)77-56-50-44-38-32-26-20-14-8-2-1-7-13-19-25-31-37-43-49-55-76-64/h1-63H2. The van der Waals surface area contributed by atoms with Gasteiger partial charge in [-0.15, -0.1) is 0 Å². The van der Waals surface area contributed by atoms with E-state index in [0.717, 1.165) is 116 Å².